The van der Waals surface area contributed by atoms with Crippen LogP contribution in [0.4, 0.5) is 18.3 Å². The molecule has 29 heavy (non-hydrogen) atoms. The molecule has 0 aliphatic rings. The van der Waals surface area contributed by atoms with Gasteiger partial charge in [0.15, 0.2) is 5.13 Å². The first-order chi connectivity index (χ1) is 13.1. The molecule has 0 bridgehead atoms. The number of rotatable bonds is 7. The molecule has 1 amide bonds. The van der Waals surface area contributed by atoms with Crippen molar-refractivity contribution >= 4 is 42.6 Å². The number of thiazole rings is 1. The molecule has 0 atom stereocenters. The quantitative estimate of drug-likeness (QED) is 0.667. The summed E-state index contributed by atoms with van der Waals surface area (Å²) in [5.41, 5.74) is -0.0403. The molecule has 2 aromatic rings. The van der Waals surface area contributed by atoms with Crippen LogP contribution in [-0.4, -0.2) is 55.0 Å². The Kier molecular flexibility index (Phi) is 6.77. The average molecular weight is 454 g/mol. The molecule has 1 aromatic heterocycles. The average Bonchev–Trinajstić information content (AvgIpc) is 2.92. The first-order valence-electron chi connectivity index (χ1n) is 8.30. The number of amides is 1. The number of halogens is 3. The number of ether oxygens (including phenoxy) is 1. The number of benzene rings is 1. The van der Waals surface area contributed by atoms with Crippen LogP contribution in [0.5, 0.6) is 5.75 Å². The fourth-order valence-electron chi connectivity index (χ4n) is 2.03. The van der Waals surface area contributed by atoms with Crippen molar-refractivity contribution < 1.29 is 31.1 Å². The number of sulfonamides is 1. The molecule has 0 aliphatic carbocycles. The van der Waals surface area contributed by atoms with Gasteiger partial charge in [0.2, 0.25) is 15.9 Å². The molecule has 0 saturated carbocycles. The predicted molar refractivity (Wildman–Crippen MR) is 104 cm³/mol. The van der Waals surface area contributed by atoms with Crippen molar-refractivity contribution in [3.63, 3.8) is 0 Å². The van der Waals surface area contributed by atoms with Crippen LogP contribution in [0.25, 0.3) is 10.2 Å². The Morgan fingerprint density at radius 3 is 2.52 bits per heavy atom. The van der Waals surface area contributed by atoms with Crippen molar-refractivity contribution in [2.24, 2.45) is 0 Å². The number of nitrogens with one attached hydrogen (secondary N) is 2. The van der Waals surface area contributed by atoms with Gasteiger partial charge < -0.3 is 10.1 Å². The van der Waals surface area contributed by atoms with Gasteiger partial charge in [0, 0.05) is 18.7 Å². The molecule has 162 valence electrons. The number of aromatic nitrogens is 1. The minimum atomic E-state index is -4.81. The van der Waals surface area contributed by atoms with Gasteiger partial charge in [0.1, 0.15) is 11.6 Å². The summed E-state index contributed by atoms with van der Waals surface area (Å²) in [7, 11) is -2.43. The zero-order chi connectivity index (χ0) is 22.0. The molecule has 13 heteroatoms. The molecule has 0 aliphatic heterocycles. The molecular formula is C16H21F3N4O4S2. The van der Waals surface area contributed by atoms with E-state index < -0.39 is 40.1 Å². The zero-order valence-electron chi connectivity index (χ0n) is 16.1. The lowest BCUT2D eigenvalue weighted by Crippen LogP contribution is -2.45. The van der Waals surface area contributed by atoms with Crippen molar-refractivity contribution in [2.45, 2.75) is 32.7 Å². The molecule has 1 aromatic carbocycles. The van der Waals surface area contributed by atoms with Crippen LogP contribution in [0.15, 0.2) is 18.2 Å². The molecule has 0 spiro atoms. The topological polar surface area (TPSA) is 101 Å². The summed E-state index contributed by atoms with van der Waals surface area (Å²) in [4.78, 5) is 16.3. The van der Waals surface area contributed by atoms with Gasteiger partial charge in [-0.05, 0) is 32.9 Å². The van der Waals surface area contributed by atoms with E-state index in [0.29, 0.717) is 10.2 Å². The second-order valence-electron chi connectivity index (χ2n) is 7.18. The Morgan fingerprint density at radius 2 is 1.93 bits per heavy atom. The maximum Gasteiger partial charge on any atom is 0.573 e. The van der Waals surface area contributed by atoms with Crippen molar-refractivity contribution in [3.05, 3.63) is 18.2 Å². The number of alkyl halides is 3. The van der Waals surface area contributed by atoms with E-state index in [1.807, 2.05) is 20.8 Å². The second-order valence-corrected chi connectivity index (χ2v) is 10.3. The third kappa shape index (κ3) is 7.42. The van der Waals surface area contributed by atoms with Crippen LogP contribution < -0.4 is 15.4 Å². The SMILES string of the molecule is CN(CC(=O)Nc1nc2ccc(OC(F)(F)F)cc2s1)S(=O)(=O)CNC(C)(C)C. The highest BCUT2D eigenvalue weighted by Gasteiger charge is 2.31. The Hall–Kier alpha value is -1.96. The zero-order valence-corrected chi connectivity index (χ0v) is 17.8. The molecule has 0 unspecified atom stereocenters. The number of anilines is 1. The van der Waals surface area contributed by atoms with Crippen LogP contribution in [0.3, 0.4) is 0 Å². The lowest BCUT2D eigenvalue weighted by molar-refractivity contribution is -0.274. The fraction of sp³-hybridized carbons (Fsp3) is 0.500. The van der Waals surface area contributed by atoms with Gasteiger partial charge in [0.05, 0.1) is 16.8 Å². The molecule has 0 fully saturated rings. The standard InChI is InChI=1S/C16H21F3N4O4S2/c1-15(2,3)20-9-29(25,26)23(4)8-13(24)22-14-21-11-6-5-10(7-12(11)28-14)27-16(17,18)19/h5-7,20H,8-9H2,1-4H3,(H,21,22,24). The number of nitrogens with zero attached hydrogens (tertiary/aromatic N) is 2. The van der Waals surface area contributed by atoms with Gasteiger partial charge >= 0.3 is 6.36 Å². The first-order valence-corrected chi connectivity index (χ1v) is 10.7. The summed E-state index contributed by atoms with van der Waals surface area (Å²) < 4.78 is 66.5. The summed E-state index contributed by atoms with van der Waals surface area (Å²) in [5, 5.41) is 5.43. The van der Waals surface area contributed by atoms with E-state index in [1.165, 1.54) is 13.1 Å². The molecule has 8 nitrogen and oxygen atoms in total. The Bertz CT molecular complexity index is 984. The second kappa shape index (κ2) is 8.42. The molecule has 2 rings (SSSR count). The summed E-state index contributed by atoms with van der Waals surface area (Å²) in [6, 6.07) is 3.60. The number of fused-ring (bicyclic) bond motifs is 1. The highest BCUT2D eigenvalue weighted by atomic mass is 32.2. The van der Waals surface area contributed by atoms with Gasteiger partial charge in [-0.3, -0.25) is 10.1 Å². The molecule has 1 heterocycles. The summed E-state index contributed by atoms with van der Waals surface area (Å²) in [5.74, 6) is -1.36. The van der Waals surface area contributed by atoms with Crippen LogP contribution in [0, 0.1) is 0 Å². The van der Waals surface area contributed by atoms with E-state index in [9.17, 15) is 26.4 Å². The summed E-state index contributed by atoms with van der Waals surface area (Å²) in [6.07, 6.45) is -4.81. The minimum absolute atomic E-state index is 0.132. The van der Waals surface area contributed by atoms with E-state index in [4.69, 9.17) is 0 Å². The largest absolute Gasteiger partial charge is 0.573 e. The molecular weight excluding hydrogens is 433 g/mol. The normalized spacial score (nSPS) is 13.1. The lowest BCUT2D eigenvalue weighted by Gasteiger charge is -2.23. The third-order valence-corrected chi connectivity index (χ3v) is 5.99. The molecule has 0 radical (unpaired) electrons. The van der Waals surface area contributed by atoms with Crippen LogP contribution in [-0.2, 0) is 14.8 Å². The van der Waals surface area contributed by atoms with E-state index in [0.717, 1.165) is 27.8 Å². The highest BCUT2D eigenvalue weighted by molar-refractivity contribution is 7.89. The van der Waals surface area contributed by atoms with Gasteiger partial charge in [-0.1, -0.05) is 11.3 Å². The van der Waals surface area contributed by atoms with Crippen LogP contribution in [0.1, 0.15) is 20.8 Å². The van der Waals surface area contributed by atoms with Crippen molar-refractivity contribution in [1.29, 1.82) is 0 Å². The smallest absolute Gasteiger partial charge is 0.406 e. The van der Waals surface area contributed by atoms with E-state index >= 15 is 0 Å². The lowest BCUT2D eigenvalue weighted by atomic mass is 10.1. The maximum atomic E-state index is 12.3. The fourth-order valence-corrected chi connectivity index (χ4v) is 4.09. The van der Waals surface area contributed by atoms with Gasteiger partial charge in [0.25, 0.3) is 0 Å². The minimum Gasteiger partial charge on any atom is -0.406 e. The maximum absolute atomic E-state index is 12.3. The molecule has 0 saturated heterocycles. The monoisotopic (exact) mass is 454 g/mol. The Labute approximate surface area is 170 Å². The van der Waals surface area contributed by atoms with Crippen molar-refractivity contribution in [1.82, 2.24) is 14.6 Å². The summed E-state index contributed by atoms with van der Waals surface area (Å²) >= 11 is 0.943. The number of hydrogen-bond acceptors (Lipinski definition) is 7. The van der Waals surface area contributed by atoms with E-state index in [-0.39, 0.29) is 11.0 Å². The number of likely N-dealkylation sites (N-methyl/N-ethyl adjacent to an activating group) is 1. The van der Waals surface area contributed by atoms with Crippen molar-refractivity contribution in [2.75, 3.05) is 24.8 Å². The summed E-state index contributed by atoms with van der Waals surface area (Å²) in [6.45, 7) is 5.00. The Morgan fingerprint density at radius 1 is 1.28 bits per heavy atom. The number of carbonyl (C=O) groups excluding carboxylic acids is 1. The van der Waals surface area contributed by atoms with Gasteiger partial charge in [-0.2, -0.15) is 4.31 Å². The molecule has 2 N–H and O–H groups in total. The third-order valence-electron chi connectivity index (χ3n) is 3.47. The Balaban J connectivity index is 2.02. The number of hydrogen-bond donors (Lipinski definition) is 2. The first kappa shape index (κ1) is 23.3. The predicted octanol–water partition coefficient (Wildman–Crippen LogP) is 2.74. The van der Waals surface area contributed by atoms with Crippen LogP contribution >= 0.6 is 11.3 Å². The van der Waals surface area contributed by atoms with E-state index in [2.05, 4.69) is 20.4 Å². The van der Waals surface area contributed by atoms with E-state index in [1.54, 1.807) is 0 Å². The van der Waals surface area contributed by atoms with Gasteiger partial charge in [-0.25, -0.2) is 13.4 Å². The highest BCUT2D eigenvalue weighted by Crippen LogP contribution is 2.31. The van der Waals surface area contributed by atoms with Crippen molar-refractivity contribution in [3.8, 4) is 5.75 Å². The number of carbonyl (C=O) groups is 1. The van der Waals surface area contributed by atoms with Crippen LogP contribution in [0.2, 0.25) is 0 Å². The van der Waals surface area contributed by atoms with Gasteiger partial charge in [-0.15, -0.1) is 13.2 Å².